The Morgan fingerprint density at radius 1 is 1.14 bits per heavy atom. The van der Waals surface area contributed by atoms with Gasteiger partial charge in [-0.15, -0.1) is 0 Å². The standard InChI is InChI=1S/C20H17FN2O4S/c1-2-27-16-9-7-15(8-10-16)22-18(24)12-23-19(25)17(28-20(23)26)11-13-3-5-14(21)6-4-13/h3-11H,2,12H2,1H3,(H,22,24)/b17-11+. The molecular formula is C20H17FN2O4S. The number of nitrogens with one attached hydrogen (secondary N) is 1. The topological polar surface area (TPSA) is 75.7 Å². The molecule has 0 atom stereocenters. The SMILES string of the molecule is CCOc1ccc(NC(=O)CN2C(=O)S/C(=C/c3ccc(F)cc3)C2=O)cc1. The molecule has 1 heterocycles. The molecule has 3 rings (SSSR count). The Bertz CT molecular complexity index is 926. The lowest BCUT2D eigenvalue weighted by atomic mass is 10.2. The van der Waals surface area contributed by atoms with E-state index in [0.717, 1.165) is 16.7 Å². The highest BCUT2D eigenvalue weighted by molar-refractivity contribution is 8.18. The van der Waals surface area contributed by atoms with E-state index >= 15 is 0 Å². The normalized spacial score (nSPS) is 15.2. The van der Waals surface area contributed by atoms with Gasteiger partial charge in [0.1, 0.15) is 18.1 Å². The molecule has 0 saturated carbocycles. The van der Waals surface area contributed by atoms with Gasteiger partial charge in [-0.05, 0) is 66.7 Å². The van der Waals surface area contributed by atoms with Gasteiger partial charge in [0, 0.05) is 5.69 Å². The van der Waals surface area contributed by atoms with Crippen LogP contribution in [0.25, 0.3) is 6.08 Å². The first-order chi connectivity index (χ1) is 13.5. The minimum absolute atomic E-state index is 0.186. The van der Waals surface area contributed by atoms with Gasteiger partial charge in [0.15, 0.2) is 0 Å². The van der Waals surface area contributed by atoms with Crippen LogP contribution >= 0.6 is 11.8 Å². The smallest absolute Gasteiger partial charge is 0.294 e. The zero-order valence-electron chi connectivity index (χ0n) is 15.0. The Morgan fingerprint density at radius 3 is 2.46 bits per heavy atom. The first-order valence-corrected chi connectivity index (χ1v) is 9.31. The summed E-state index contributed by atoms with van der Waals surface area (Å²) in [5.74, 6) is -0.760. The third-order valence-corrected chi connectivity index (χ3v) is 4.70. The maximum absolute atomic E-state index is 13.0. The largest absolute Gasteiger partial charge is 0.494 e. The number of carbonyl (C=O) groups excluding carboxylic acids is 3. The van der Waals surface area contributed by atoms with Crippen molar-refractivity contribution < 1.29 is 23.5 Å². The molecule has 0 aliphatic carbocycles. The zero-order valence-corrected chi connectivity index (χ0v) is 15.8. The van der Waals surface area contributed by atoms with Crippen LogP contribution in [-0.4, -0.2) is 35.1 Å². The van der Waals surface area contributed by atoms with Crippen molar-refractivity contribution in [2.75, 3.05) is 18.5 Å². The van der Waals surface area contributed by atoms with Gasteiger partial charge in [0.2, 0.25) is 5.91 Å². The fourth-order valence-electron chi connectivity index (χ4n) is 2.49. The third kappa shape index (κ3) is 4.77. The number of hydrogen-bond acceptors (Lipinski definition) is 5. The molecule has 1 saturated heterocycles. The van der Waals surface area contributed by atoms with Crippen LogP contribution in [0, 0.1) is 5.82 Å². The average molecular weight is 400 g/mol. The van der Waals surface area contributed by atoms with E-state index in [-0.39, 0.29) is 4.91 Å². The number of ether oxygens (including phenoxy) is 1. The van der Waals surface area contributed by atoms with Crippen LogP contribution in [0.5, 0.6) is 5.75 Å². The second-order valence-electron chi connectivity index (χ2n) is 5.82. The molecule has 1 N–H and O–H groups in total. The first kappa shape index (κ1) is 19.6. The molecular weight excluding hydrogens is 383 g/mol. The van der Waals surface area contributed by atoms with Crippen molar-refractivity contribution >= 4 is 40.6 Å². The molecule has 2 aromatic rings. The van der Waals surface area contributed by atoms with Crippen LogP contribution in [0.4, 0.5) is 14.9 Å². The fraction of sp³-hybridized carbons (Fsp3) is 0.150. The molecule has 28 heavy (non-hydrogen) atoms. The van der Waals surface area contributed by atoms with E-state index in [1.54, 1.807) is 24.3 Å². The Balaban J connectivity index is 1.63. The minimum Gasteiger partial charge on any atom is -0.494 e. The van der Waals surface area contributed by atoms with Crippen LogP contribution in [0.1, 0.15) is 12.5 Å². The monoisotopic (exact) mass is 400 g/mol. The molecule has 6 nitrogen and oxygen atoms in total. The summed E-state index contributed by atoms with van der Waals surface area (Å²) >= 11 is 0.745. The van der Waals surface area contributed by atoms with Gasteiger partial charge in [-0.1, -0.05) is 12.1 Å². The quantitative estimate of drug-likeness (QED) is 0.745. The molecule has 2 aromatic carbocycles. The molecule has 8 heteroatoms. The number of thioether (sulfide) groups is 1. The van der Waals surface area contributed by atoms with Crippen molar-refractivity contribution in [2.45, 2.75) is 6.92 Å². The number of imide groups is 1. The lowest BCUT2D eigenvalue weighted by molar-refractivity contribution is -0.127. The van der Waals surface area contributed by atoms with Crippen LogP contribution in [0.3, 0.4) is 0 Å². The number of amides is 3. The Labute approximate surface area is 165 Å². The summed E-state index contributed by atoms with van der Waals surface area (Å²) in [6.45, 7) is 2.02. The van der Waals surface area contributed by atoms with Gasteiger partial charge in [-0.25, -0.2) is 4.39 Å². The van der Waals surface area contributed by atoms with Crippen molar-refractivity contribution in [3.05, 3.63) is 64.8 Å². The minimum atomic E-state index is -0.554. The van der Waals surface area contributed by atoms with Crippen molar-refractivity contribution in [3.8, 4) is 5.75 Å². The van der Waals surface area contributed by atoms with Crippen molar-refractivity contribution in [1.82, 2.24) is 4.90 Å². The van der Waals surface area contributed by atoms with Crippen LogP contribution in [-0.2, 0) is 9.59 Å². The summed E-state index contributed by atoms with van der Waals surface area (Å²) in [7, 11) is 0. The molecule has 1 aliphatic heterocycles. The van der Waals surface area contributed by atoms with Crippen LogP contribution in [0.15, 0.2) is 53.4 Å². The Morgan fingerprint density at radius 2 is 1.82 bits per heavy atom. The molecule has 144 valence electrons. The first-order valence-electron chi connectivity index (χ1n) is 8.50. The van der Waals surface area contributed by atoms with E-state index in [0.29, 0.717) is 23.6 Å². The lowest BCUT2D eigenvalue weighted by Gasteiger charge is -2.12. The van der Waals surface area contributed by atoms with E-state index in [9.17, 15) is 18.8 Å². The second kappa shape index (κ2) is 8.71. The summed E-state index contributed by atoms with van der Waals surface area (Å²) < 4.78 is 18.3. The number of nitrogens with zero attached hydrogens (tertiary/aromatic N) is 1. The molecule has 0 unspecified atom stereocenters. The second-order valence-corrected chi connectivity index (χ2v) is 6.82. The van der Waals surface area contributed by atoms with E-state index in [1.807, 2.05) is 6.92 Å². The molecule has 0 aromatic heterocycles. The van der Waals surface area contributed by atoms with E-state index in [4.69, 9.17) is 4.74 Å². The van der Waals surface area contributed by atoms with Crippen molar-refractivity contribution in [2.24, 2.45) is 0 Å². The predicted molar refractivity (Wildman–Crippen MR) is 105 cm³/mol. The Kier molecular flexibility index (Phi) is 6.10. The van der Waals surface area contributed by atoms with Gasteiger partial charge in [-0.3, -0.25) is 19.3 Å². The summed E-state index contributed by atoms with van der Waals surface area (Å²) in [5, 5.41) is 2.11. The number of rotatable bonds is 6. The lowest BCUT2D eigenvalue weighted by Crippen LogP contribution is -2.36. The van der Waals surface area contributed by atoms with Crippen molar-refractivity contribution in [1.29, 1.82) is 0 Å². The van der Waals surface area contributed by atoms with E-state index < -0.39 is 29.4 Å². The van der Waals surface area contributed by atoms with Gasteiger partial charge in [0.25, 0.3) is 11.1 Å². The van der Waals surface area contributed by atoms with E-state index in [2.05, 4.69) is 5.32 Å². The zero-order chi connectivity index (χ0) is 20.1. The molecule has 1 fully saturated rings. The third-order valence-electron chi connectivity index (χ3n) is 3.79. The summed E-state index contributed by atoms with van der Waals surface area (Å²) in [4.78, 5) is 37.8. The number of benzene rings is 2. The summed E-state index contributed by atoms with van der Waals surface area (Å²) in [5.41, 5.74) is 1.12. The highest BCUT2D eigenvalue weighted by Gasteiger charge is 2.36. The highest BCUT2D eigenvalue weighted by atomic mass is 32.2. The van der Waals surface area contributed by atoms with Crippen LogP contribution < -0.4 is 10.1 Å². The summed E-state index contributed by atoms with van der Waals surface area (Å²) in [6.07, 6.45) is 1.49. The number of hydrogen-bond donors (Lipinski definition) is 1. The number of halogens is 1. The van der Waals surface area contributed by atoms with Crippen molar-refractivity contribution in [3.63, 3.8) is 0 Å². The predicted octanol–water partition coefficient (Wildman–Crippen LogP) is 3.90. The van der Waals surface area contributed by atoms with E-state index in [1.165, 1.54) is 30.3 Å². The summed E-state index contributed by atoms with van der Waals surface area (Å²) in [6, 6.07) is 12.3. The molecule has 0 radical (unpaired) electrons. The van der Waals surface area contributed by atoms with Gasteiger partial charge in [0.05, 0.1) is 11.5 Å². The van der Waals surface area contributed by atoms with Crippen LogP contribution in [0.2, 0.25) is 0 Å². The van der Waals surface area contributed by atoms with Gasteiger partial charge in [-0.2, -0.15) is 0 Å². The average Bonchev–Trinajstić information content (AvgIpc) is 2.93. The van der Waals surface area contributed by atoms with Gasteiger partial charge >= 0.3 is 0 Å². The number of anilines is 1. The Hall–Kier alpha value is -3.13. The maximum Gasteiger partial charge on any atom is 0.294 e. The molecule has 1 aliphatic rings. The molecule has 3 amide bonds. The fourth-order valence-corrected chi connectivity index (χ4v) is 3.33. The molecule has 0 bridgehead atoms. The maximum atomic E-state index is 13.0. The van der Waals surface area contributed by atoms with Gasteiger partial charge < -0.3 is 10.1 Å². The molecule has 0 spiro atoms. The number of carbonyl (C=O) groups is 3. The highest BCUT2D eigenvalue weighted by Crippen LogP contribution is 2.32.